The van der Waals surface area contributed by atoms with Crippen molar-refractivity contribution in [3.05, 3.63) is 0 Å². The van der Waals surface area contributed by atoms with Crippen molar-refractivity contribution in [1.29, 1.82) is 0 Å². The molecule has 0 rings (SSSR count). The molecule has 14 heavy (non-hydrogen) atoms. The quantitative estimate of drug-likeness (QED) is 0.716. The van der Waals surface area contributed by atoms with Gasteiger partial charge >= 0.3 is 12.1 Å². The average molecular weight is 236 g/mol. The zero-order chi connectivity index (χ0) is 10.5. The molecule has 0 unspecified atom stereocenters. The van der Waals surface area contributed by atoms with Gasteiger partial charge in [-0.2, -0.15) is 13.2 Å². The average Bonchev–Trinajstić information content (AvgIpc) is 1.95. The first kappa shape index (κ1) is 16.0. The molecule has 1 atom stereocenters. The predicted octanol–water partition coefficient (Wildman–Crippen LogP) is 1.94. The number of hydrogen-bond acceptors (Lipinski definition) is 2. The summed E-state index contributed by atoms with van der Waals surface area (Å²) in [5, 5.41) is 8.29. The van der Waals surface area contributed by atoms with Crippen LogP contribution < -0.4 is 5.73 Å². The summed E-state index contributed by atoms with van der Waals surface area (Å²) in [6.45, 7) is 0. The van der Waals surface area contributed by atoms with E-state index in [0.717, 1.165) is 0 Å². The molecule has 0 aromatic rings. The third kappa shape index (κ3) is 9.60. The highest BCUT2D eigenvalue weighted by atomic mass is 35.5. The zero-order valence-corrected chi connectivity index (χ0v) is 8.20. The van der Waals surface area contributed by atoms with Crippen LogP contribution in [0.3, 0.4) is 0 Å². The molecule has 0 aromatic carbocycles. The number of carbonyl (C=O) groups is 1. The second kappa shape index (κ2) is 6.89. The molecule has 3 N–H and O–H groups in total. The van der Waals surface area contributed by atoms with Gasteiger partial charge in [-0.25, -0.2) is 0 Å². The SMILES string of the molecule is Cl.N[C@@H](CCCCC(F)(F)F)C(=O)O. The van der Waals surface area contributed by atoms with Crippen LogP contribution in [0.2, 0.25) is 0 Å². The molecule has 0 aliphatic rings. The second-order valence-electron chi connectivity index (χ2n) is 2.81. The summed E-state index contributed by atoms with van der Waals surface area (Å²) in [6.07, 6.45) is -4.82. The van der Waals surface area contributed by atoms with Crippen LogP contribution in [0, 0.1) is 0 Å². The van der Waals surface area contributed by atoms with Gasteiger partial charge in [-0.15, -0.1) is 12.4 Å². The first-order valence-electron chi connectivity index (χ1n) is 3.88. The lowest BCUT2D eigenvalue weighted by molar-refractivity contribution is -0.138. The van der Waals surface area contributed by atoms with Gasteiger partial charge in [0.25, 0.3) is 0 Å². The molecule has 0 heterocycles. The fourth-order valence-electron chi connectivity index (χ4n) is 0.813. The zero-order valence-electron chi connectivity index (χ0n) is 7.38. The third-order valence-corrected chi connectivity index (χ3v) is 1.54. The van der Waals surface area contributed by atoms with E-state index < -0.39 is 24.6 Å². The van der Waals surface area contributed by atoms with Crippen molar-refractivity contribution in [2.45, 2.75) is 37.9 Å². The number of unbranched alkanes of at least 4 members (excludes halogenated alkanes) is 1. The predicted molar refractivity (Wildman–Crippen MR) is 47.4 cm³/mol. The molecule has 3 nitrogen and oxygen atoms in total. The van der Waals surface area contributed by atoms with E-state index in [1.165, 1.54) is 0 Å². The van der Waals surface area contributed by atoms with Crippen molar-refractivity contribution in [2.75, 3.05) is 0 Å². The van der Waals surface area contributed by atoms with Gasteiger partial charge in [-0.3, -0.25) is 4.79 Å². The highest BCUT2D eigenvalue weighted by Crippen LogP contribution is 2.22. The van der Waals surface area contributed by atoms with Gasteiger partial charge in [0.2, 0.25) is 0 Å². The van der Waals surface area contributed by atoms with Crippen LogP contribution in [0.1, 0.15) is 25.7 Å². The molecule has 86 valence electrons. The van der Waals surface area contributed by atoms with Crippen LogP contribution in [-0.4, -0.2) is 23.3 Å². The van der Waals surface area contributed by atoms with Crippen molar-refractivity contribution in [1.82, 2.24) is 0 Å². The molecule has 0 fully saturated rings. The Bertz CT molecular complexity index is 175. The van der Waals surface area contributed by atoms with Crippen molar-refractivity contribution in [3.63, 3.8) is 0 Å². The Morgan fingerprint density at radius 3 is 2.21 bits per heavy atom. The number of halogens is 4. The minimum absolute atomic E-state index is 0. The van der Waals surface area contributed by atoms with Gasteiger partial charge in [-0.05, 0) is 12.8 Å². The Balaban J connectivity index is 0. The summed E-state index contributed by atoms with van der Waals surface area (Å²) >= 11 is 0. The number of nitrogens with two attached hydrogens (primary N) is 1. The molecule has 0 saturated heterocycles. The number of aliphatic carboxylic acids is 1. The lowest BCUT2D eigenvalue weighted by Crippen LogP contribution is -2.29. The van der Waals surface area contributed by atoms with Gasteiger partial charge in [0.1, 0.15) is 6.04 Å². The summed E-state index contributed by atoms with van der Waals surface area (Å²) in [5.41, 5.74) is 5.09. The van der Waals surface area contributed by atoms with Gasteiger partial charge < -0.3 is 10.8 Å². The molecule has 0 spiro atoms. The Morgan fingerprint density at radius 1 is 1.36 bits per heavy atom. The maximum Gasteiger partial charge on any atom is 0.389 e. The maximum atomic E-state index is 11.6. The summed E-state index contributed by atoms with van der Waals surface area (Å²) in [4.78, 5) is 10.1. The normalized spacial score (nSPS) is 13.1. The molecule has 0 radical (unpaired) electrons. The second-order valence-corrected chi connectivity index (χ2v) is 2.81. The number of hydrogen-bond donors (Lipinski definition) is 2. The van der Waals surface area contributed by atoms with Crippen LogP contribution in [-0.2, 0) is 4.79 Å². The van der Waals surface area contributed by atoms with Crippen LogP contribution in [0.5, 0.6) is 0 Å². The van der Waals surface area contributed by atoms with Crippen LogP contribution >= 0.6 is 12.4 Å². The minimum atomic E-state index is -4.16. The van der Waals surface area contributed by atoms with Crippen molar-refractivity contribution in [3.8, 4) is 0 Å². The molecule has 0 aromatic heterocycles. The topological polar surface area (TPSA) is 63.3 Å². The number of carboxylic acids is 1. The first-order valence-corrected chi connectivity index (χ1v) is 3.88. The standard InChI is InChI=1S/C7H12F3NO2.ClH/c8-7(9,10)4-2-1-3-5(11)6(12)13;/h5H,1-4,11H2,(H,12,13);1H/t5-;/m0./s1. The Hall–Kier alpha value is -0.490. The Labute approximate surface area is 85.9 Å². The van der Waals surface area contributed by atoms with E-state index in [-0.39, 0.29) is 31.7 Å². The van der Waals surface area contributed by atoms with E-state index in [0.29, 0.717) is 0 Å². The fourth-order valence-corrected chi connectivity index (χ4v) is 0.813. The molecule has 0 aliphatic carbocycles. The number of carboxylic acid groups (broad SMARTS) is 1. The molecule has 0 amide bonds. The lowest BCUT2D eigenvalue weighted by atomic mass is 10.1. The first-order chi connectivity index (χ1) is 5.83. The molecule has 0 saturated carbocycles. The van der Waals surface area contributed by atoms with Crippen molar-refractivity contribution >= 4 is 18.4 Å². The molecular weight excluding hydrogens is 223 g/mol. The molecule has 0 aliphatic heterocycles. The smallest absolute Gasteiger partial charge is 0.389 e. The van der Waals surface area contributed by atoms with Crippen LogP contribution in [0.4, 0.5) is 13.2 Å². The van der Waals surface area contributed by atoms with E-state index in [2.05, 4.69) is 0 Å². The highest BCUT2D eigenvalue weighted by Gasteiger charge is 2.26. The lowest BCUT2D eigenvalue weighted by Gasteiger charge is -2.07. The molecule has 7 heteroatoms. The van der Waals surface area contributed by atoms with E-state index >= 15 is 0 Å². The number of alkyl halides is 3. The Kier molecular flexibility index (Phi) is 7.85. The van der Waals surface area contributed by atoms with Gasteiger partial charge in [0.05, 0.1) is 0 Å². The fraction of sp³-hybridized carbons (Fsp3) is 0.857. The van der Waals surface area contributed by atoms with E-state index in [1.807, 2.05) is 0 Å². The van der Waals surface area contributed by atoms with Gasteiger partial charge in [-0.1, -0.05) is 6.42 Å². The summed E-state index contributed by atoms with van der Waals surface area (Å²) in [5.74, 6) is -1.17. The minimum Gasteiger partial charge on any atom is -0.480 e. The largest absolute Gasteiger partial charge is 0.480 e. The molecular formula is C7H13ClF3NO2. The van der Waals surface area contributed by atoms with Crippen LogP contribution in [0.25, 0.3) is 0 Å². The summed E-state index contributed by atoms with van der Waals surface area (Å²) in [6, 6.07) is -1.05. The third-order valence-electron chi connectivity index (χ3n) is 1.54. The maximum absolute atomic E-state index is 11.6. The Morgan fingerprint density at radius 2 is 1.86 bits per heavy atom. The summed E-state index contributed by atoms with van der Waals surface area (Å²) < 4.78 is 34.8. The van der Waals surface area contributed by atoms with Gasteiger partial charge in [0.15, 0.2) is 0 Å². The van der Waals surface area contributed by atoms with Crippen molar-refractivity contribution < 1.29 is 23.1 Å². The summed E-state index contributed by atoms with van der Waals surface area (Å²) in [7, 11) is 0. The van der Waals surface area contributed by atoms with Gasteiger partial charge in [0, 0.05) is 6.42 Å². The van der Waals surface area contributed by atoms with E-state index in [4.69, 9.17) is 10.8 Å². The van der Waals surface area contributed by atoms with E-state index in [1.54, 1.807) is 0 Å². The molecule has 0 bridgehead atoms. The van der Waals surface area contributed by atoms with Crippen LogP contribution in [0.15, 0.2) is 0 Å². The number of rotatable bonds is 5. The van der Waals surface area contributed by atoms with E-state index in [9.17, 15) is 18.0 Å². The highest BCUT2D eigenvalue weighted by molar-refractivity contribution is 5.85. The monoisotopic (exact) mass is 235 g/mol. The van der Waals surface area contributed by atoms with Crippen molar-refractivity contribution in [2.24, 2.45) is 5.73 Å².